The van der Waals surface area contributed by atoms with E-state index in [1.807, 2.05) is 0 Å². The van der Waals surface area contributed by atoms with Crippen LogP contribution in [-0.4, -0.2) is 20.3 Å². The molecule has 2 aromatic rings. The van der Waals surface area contributed by atoms with Gasteiger partial charge in [-0.1, -0.05) is 35.3 Å². The van der Waals surface area contributed by atoms with E-state index in [9.17, 15) is 18.0 Å². The Labute approximate surface area is 159 Å². The van der Waals surface area contributed by atoms with Crippen LogP contribution in [-0.2, 0) is 14.6 Å². The number of carbonyl (C=O) groups excluding carboxylic acids is 2. The van der Waals surface area contributed by atoms with Crippen molar-refractivity contribution in [1.82, 2.24) is 0 Å². The number of hydrogen-bond donors (Lipinski definition) is 0. The fraction of sp³-hybridized carbons (Fsp3) is 0.0588. The van der Waals surface area contributed by atoms with E-state index in [1.54, 1.807) is 12.1 Å². The summed E-state index contributed by atoms with van der Waals surface area (Å²) in [6.45, 7) is 1.20. The van der Waals surface area contributed by atoms with E-state index in [0.29, 0.717) is 0 Å². The minimum atomic E-state index is -3.61. The van der Waals surface area contributed by atoms with E-state index < -0.39 is 21.7 Å². The quantitative estimate of drug-likeness (QED) is 0.553. The number of amides is 1. The predicted molar refractivity (Wildman–Crippen MR) is 97.3 cm³/mol. The maximum absolute atomic E-state index is 12.9. The van der Waals surface area contributed by atoms with Crippen molar-refractivity contribution >= 4 is 50.6 Å². The molecule has 1 amide bonds. The SMILES string of the molecule is CC(=O)Oc1c(Cl)cc(C(=O)N2C=CS(=O)(=O)c3ccccc32)cc1Cl. The van der Waals surface area contributed by atoms with E-state index in [1.165, 1.54) is 42.3 Å². The summed E-state index contributed by atoms with van der Waals surface area (Å²) in [4.78, 5) is 25.2. The number of benzene rings is 2. The van der Waals surface area contributed by atoms with Gasteiger partial charge in [-0.25, -0.2) is 8.42 Å². The third-order valence-corrected chi connectivity index (χ3v) is 5.53. The lowest BCUT2D eigenvalue weighted by atomic mass is 10.1. The van der Waals surface area contributed by atoms with Crippen LogP contribution in [0.2, 0.25) is 10.0 Å². The van der Waals surface area contributed by atoms with Gasteiger partial charge in [0.15, 0.2) is 5.75 Å². The number of carbonyl (C=O) groups is 2. The van der Waals surface area contributed by atoms with Crippen molar-refractivity contribution in [2.45, 2.75) is 11.8 Å². The van der Waals surface area contributed by atoms with Gasteiger partial charge in [-0.3, -0.25) is 14.5 Å². The second-order valence-electron chi connectivity index (χ2n) is 5.34. The third kappa shape index (κ3) is 3.33. The number of para-hydroxylation sites is 1. The molecule has 0 aliphatic carbocycles. The van der Waals surface area contributed by atoms with Crippen molar-refractivity contribution in [3.05, 3.63) is 63.6 Å². The first-order chi connectivity index (χ1) is 12.2. The van der Waals surface area contributed by atoms with E-state index in [4.69, 9.17) is 27.9 Å². The Morgan fingerprint density at radius 1 is 1.08 bits per heavy atom. The molecule has 0 unspecified atom stereocenters. The molecule has 0 saturated carbocycles. The van der Waals surface area contributed by atoms with Gasteiger partial charge in [0.1, 0.15) is 0 Å². The van der Waals surface area contributed by atoms with E-state index in [-0.39, 0.29) is 31.9 Å². The third-order valence-electron chi connectivity index (χ3n) is 3.53. The molecule has 0 radical (unpaired) electrons. The van der Waals surface area contributed by atoms with Gasteiger partial charge in [-0.2, -0.15) is 0 Å². The molecule has 1 heterocycles. The molecule has 9 heteroatoms. The topological polar surface area (TPSA) is 80.8 Å². The lowest BCUT2D eigenvalue weighted by Gasteiger charge is -2.24. The zero-order valence-corrected chi connectivity index (χ0v) is 15.6. The molecular formula is C17H11Cl2NO5S. The normalized spacial score (nSPS) is 14.7. The lowest BCUT2D eigenvalue weighted by Crippen LogP contribution is -2.29. The molecule has 3 rings (SSSR count). The molecule has 0 fully saturated rings. The van der Waals surface area contributed by atoms with Gasteiger partial charge < -0.3 is 4.74 Å². The highest BCUT2D eigenvalue weighted by atomic mass is 35.5. The molecular weight excluding hydrogens is 401 g/mol. The van der Waals surface area contributed by atoms with Crippen LogP contribution in [0, 0.1) is 0 Å². The maximum Gasteiger partial charge on any atom is 0.308 e. The fourth-order valence-electron chi connectivity index (χ4n) is 2.43. The number of sulfone groups is 1. The highest BCUT2D eigenvalue weighted by molar-refractivity contribution is 7.94. The van der Waals surface area contributed by atoms with Gasteiger partial charge in [-0.05, 0) is 24.3 Å². The van der Waals surface area contributed by atoms with Gasteiger partial charge in [0.25, 0.3) is 5.91 Å². The Bertz CT molecular complexity index is 1040. The number of ether oxygens (including phenoxy) is 1. The second kappa shape index (κ2) is 6.75. The van der Waals surface area contributed by atoms with Crippen molar-refractivity contribution in [3.63, 3.8) is 0 Å². The summed E-state index contributed by atoms with van der Waals surface area (Å²) in [7, 11) is -3.61. The number of hydrogen-bond acceptors (Lipinski definition) is 5. The molecule has 0 bridgehead atoms. The van der Waals surface area contributed by atoms with E-state index in [2.05, 4.69) is 0 Å². The van der Waals surface area contributed by atoms with Gasteiger partial charge in [0, 0.05) is 18.7 Å². The number of esters is 1. The average molecular weight is 412 g/mol. The van der Waals surface area contributed by atoms with Crippen LogP contribution in [0.25, 0.3) is 0 Å². The molecule has 1 aliphatic heterocycles. The van der Waals surface area contributed by atoms with Crippen molar-refractivity contribution in [2.75, 3.05) is 4.90 Å². The zero-order chi connectivity index (χ0) is 19.1. The molecule has 134 valence electrons. The first kappa shape index (κ1) is 18.4. The summed E-state index contributed by atoms with van der Waals surface area (Å²) < 4.78 is 29.2. The lowest BCUT2D eigenvalue weighted by molar-refractivity contribution is -0.131. The first-order valence-electron chi connectivity index (χ1n) is 7.24. The monoisotopic (exact) mass is 411 g/mol. The maximum atomic E-state index is 12.9. The van der Waals surface area contributed by atoms with Crippen LogP contribution in [0.15, 0.2) is 52.9 Å². The molecule has 0 spiro atoms. The van der Waals surface area contributed by atoms with Gasteiger partial charge in [-0.15, -0.1) is 0 Å². The smallest absolute Gasteiger partial charge is 0.308 e. The standard InChI is InChI=1S/C17H11Cl2NO5S/c1-10(21)25-16-12(18)8-11(9-13(16)19)17(22)20-6-7-26(23,24)15-5-3-2-4-14(15)20/h2-9H,1H3. The fourth-order valence-corrected chi connectivity index (χ4v) is 4.15. The van der Waals surface area contributed by atoms with Crippen molar-refractivity contribution < 1.29 is 22.7 Å². The summed E-state index contributed by atoms with van der Waals surface area (Å²) in [5.74, 6) is -1.19. The van der Waals surface area contributed by atoms with Crippen LogP contribution in [0.4, 0.5) is 5.69 Å². The Hall–Kier alpha value is -2.35. The van der Waals surface area contributed by atoms with Crippen molar-refractivity contribution in [3.8, 4) is 5.75 Å². The molecule has 26 heavy (non-hydrogen) atoms. The molecule has 1 aliphatic rings. The number of rotatable bonds is 2. The van der Waals surface area contributed by atoms with Crippen LogP contribution in [0.5, 0.6) is 5.75 Å². The van der Waals surface area contributed by atoms with Crippen molar-refractivity contribution in [2.24, 2.45) is 0 Å². The first-order valence-corrected chi connectivity index (χ1v) is 9.54. The van der Waals surface area contributed by atoms with Crippen LogP contribution < -0.4 is 9.64 Å². The summed E-state index contributed by atoms with van der Waals surface area (Å²) >= 11 is 12.1. The number of anilines is 1. The van der Waals surface area contributed by atoms with Gasteiger partial charge in [0.2, 0.25) is 9.84 Å². The number of fused-ring (bicyclic) bond motifs is 1. The largest absolute Gasteiger partial charge is 0.424 e. The van der Waals surface area contributed by atoms with E-state index >= 15 is 0 Å². The number of nitrogens with zero attached hydrogens (tertiary/aromatic N) is 1. The summed E-state index contributed by atoms with van der Waals surface area (Å²) in [6.07, 6.45) is 1.17. The highest BCUT2D eigenvalue weighted by Crippen LogP contribution is 2.36. The van der Waals surface area contributed by atoms with Gasteiger partial charge in [0.05, 0.1) is 26.0 Å². The molecule has 2 aromatic carbocycles. The second-order valence-corrected chi connectivity index (χ2v) is 7.95. The van der Waals surface area contributed by atoms with Crippen molar-refractivity contribution in [1.29, 1.82) is 0 Å². The molecule has 0 atom stereocenters. The average Bonchev–Trinajstić information content (AvgIpc) is 2.57. The summed E-state index contributed by atoms with van der Waals surface area (Å²) in [5.41, 5.74) is 0.325. The summed E-state index contributed by atoms with van der Waals surface area (Å²) in [6, 6.07) is 8.72. The molecule has 0 aromatic heterocycles. The van der Waals surface area contributed by atoms with Gasteiger partial charge >= 0.3 is 5.97 Å². The van der Waals surface area contributed by atoms with Crippen LogP contribution >= 0.6 is 23.2 Å². The number of halogens is 2. The molecule has 6 nitrogen and oxygen atoms in total. The minimum Gasteiger partial charge on any atom is -0.424 e. The van der Waals surface area contributed by atoms with Crippen LogP contribution in [0.3, 0.4) is 0 Å². The highest BCUT2D eigenvalue weighted by Gasteiger charge is 2.28. The molecule has 0 N–H and O–H groups in total. The summed E-state index contributed by atoms with van der Waals surface area (Å²) in [5, 5.41) is 0.917. The Balaban J connectivity index is 2.05. The zero-order valence-electron chi connectivity index (χ0n) is 13.3. The predicted octanol–water partition coefficient (Wildman–Crippen LogP) is 3.82. The Morgan fingerprint density at radius 2 is 1.69 bits per heavy atom. The minimum absolute atomic E-state index is 0.0158. The van der Waals surface area contributed by atoms with E-state index in [0.717, 1.165) is 5.41 Å². The molecule has 0 saturated heterocycles. The van der Waals surface area contributed by atoms with Crippen LogP contribution in [0.1, 0.15) is 17.3 Å². The Morgan fingerprint density at radius 3 is 2.31 bits per heavy atom. The Kier molecular flexibility index (Phi) is 4.79.